The summed E-state index contributed by atoms with van der Waals surface area (Å²) >= 11 is 0. The van der Waals surface area contributed by atoms with Gasteiger partial charge in [-0.15, -0.1) is 0 Å². The van der Waals surface area contributed by atoms with Gasteiger partial charge < -0.3 is 5.11 Å². The van der Waals surface area contributed by atoms with Crippen LogP contribution >= 0.6 is 0 Å². The zero-order valence-corrected chi connectivity index (χ0v) is 13.5. The van der Waals surface area contributed by atoms with Crippen molar-refractivity contribution in [3.05, 3.63) is 0 Å². The lowest BCUT2D eigenvalue weighted by Gasteiger charge is -2.44. The van der Waals surface area contributed by atoms with Crippen LogP contribution in [-0.4, -0.2) is 31.0 Å². The number of carboxylic acid groups (broad SMARTS) is 1. The van der Waals surface area contributed by atoms with Crippen LogP contribution in [0.15, 0.2) is 0 Å². The Hall–Kier alpha value is -0.580. The Kier molecular flexibility index (Phi) is 3.95. The summed E-state index contributed by atoms with van der Waals surface area (Å²) in [6.07, 6.45) is 3.57. The van der Waals surface area contributed by atoms with Gasteiger partial charge in [-0.05, 0) is 49.4 Å². The highest BCUT2D eigenvalue weighted by Crippen LogP contribution is 2.51. The first kappa shape index (κ1) is 15.8. The molecule has 5 heteroatoms. The molecule has 4 nitrogen and oxygen atoms in total. The number of carboxylic acids is 1. The third-order valence-corrected chi connectivity index (χ3v) is 7.31. The summed E-state index contributed by atoms with van der Waals surface area (Å²) in [5.41, 5.74) is -0.599. The molecule has 20 heavy (non-hydrogen) atoms. The van der Waals surface area contributed by atoms with E-state index in [1.165, 1.54) is 0 Å². The zero-order chi connectivity index (χ0) is 15.2. The van der Waals surface area contributed by atoms with E-state index in [1.807, 2.05) is 0 Å². The molecule has 2 fully saturated rings. The van der Waals surface area contributed by atoms with Crippen molar-refractivity contribution >= 4 is 15.8 Å². The highest BCUT2D eigenvalue weighted by molar-refractivity contribution is 7.91. The molecule has 1 unspecified atom stereocenters. The summed E-state index contributed by atoms with van der Waals surface area (Å²) in [6, 6.07) is 0. The normalized spacial score (nSPS) is 37.8. The smallest absolute Gasteiger partial charge is 0.309 e. The summed E-state index contributed by atoms with van der Waals surface area (Å²) < 4.78 is 23.4. The van der Waals surface area contributed by atoms with E-state index in [0.717, 1.165) is 12.8 Å². The Morgan fingerprint density at radius 1 is 1.15 bits per heavy atom. The Morgan fingerprint density at radius 3 is 2.05 bits per heavy atom. The van der Waals surface area contributed by atoms with Crippen molar-refractivity contribution in [3.63, 3.8) is 0 Å². The first-order chi connectivity index (χ1) is 9.07. The topological polar surface area (TPSA) is 71.4 Å². The van der Waals surface area contributed by atoms with E-state index < -0.39 is 21.2 Å². The maximum atomic E-state index is 11.8. The van der Waals surface area contributed by atoms with Gasteiger partial charge in [0.1, 0.15) is 0 Å². The molecular weight excluding hydrogens is 276 g/mol. The number of carbonyl (C=O) groups is 1. The maximum Gasteiger partial charge on any atom is 0.309 e. The first-order valence-electron chi connectivity index (χ1n) is 7.51. The molecule has 1 saturated heterocycles. The first-order valence-corrected chi connectivity index (χ1v) is 9.33. The summed E-state index contributed by atoms with van der Waals surface area (Å²) in [7, 11) is -3.02. The van der Waals surface area contributed by atoms with Gasteiger partial charge in [0.05, 0.1) is 16.9 Å². The van der Waals surface area contributed by atoms with E-state index in [0.29, 0.717) is 25.2 Å². The fourth-order valence-electron chi connectivity index (χ4n) is 4.03. The fraction of sp³-hybridized carbons (Fsp3) is 0.933. The predicted octanol–water partition coefficient (Wildman–Crippen LogP) is 2.73. The highest BCUT2D eigenvalue weighted by atomic mass is 32.2. The number of rotatable bonds is 2. The van der Waals surface area contributed by atoms with Crippen molar-refractivity contribution in [1.82, 2.24) is 0 Å². The number of aliphatic carboxylic acids is 1. The molecule has 0 bridgehead atoms. The average Bonchev–Trinajstić information content (AvgIpc) is 2.68. The number of sulfone groups is 1. The average molecular weight is 302 g/mol. The molecule has 116 valence electrons. The molecule has 0 aromatic heterocycles. The van der Waals surface area contributed by atoms with Crippen molar-refractivity contribution in [1.29, 1.82) is 0 Å². The second kappa shape index (κ2) is 5.00. The van der Waals surface area contributed by atoms with E-state index in [2.05, 4.69) is 20.8 Å². The molecule has 1 aliphatic heterocycles. The largest absolute Gasteiger partial charge is 0.481 e. The molecule has 0 radical (unpaired) electrons. The second-order valence-corrected chi connectivity index (χ2v) is 9.93. The third-order valence-electron chi connectivity index (χ3n) is 5.54. The van der Waals surface area contributed by atoms with Crippen LogP contribution in [0.3, 0.4) is 0 Å². The monoisotopic (exact) mass is 302 g/mol. The molecular formula is C15H26O4S. The van der Waals surface area contributed by atoms with Crippen molar-refractivity contribution in [3.8, 4) is 0 Å². The molecule has 2 rings (SSSR count). The quantitative estimate of drug-likeness (QED) is 0.851. The Balaban J connectivity index is 2.16. The van der Waals surface area contributed by atoms with Gasteiger partial charge in [-0.25, -0.2) is 8.42 Å². The molecule has 1 atom stereocenters. The standard InChI is InChI=1S/C15H26O4S/c1-14(2,3)11-4-7-15(8-5-11,13(16)17)12-6-9-20(18,19)10-12/h11-12H,4-10H2,1-3H3,(H,16,17). The van der Waals surface area contributed by atoms with Crippen LogP contribution in [0.1, 0.15) is 52.9 Å². The van der Waals surface area contributed by atoms with Crippen LogP contribution in [0, 0.1) is 22.7 Å². The van der Waals surface area contributed by atoms with Gasteiger partial charge in [0, 0.05) is 0 Å². The van der Waals surface area contributed by atoms with Crippen molar-refractivity contribution in [2.75, 3.05) is 11.5 Å². The van der Waals surface area contributed by atoms with Crippen molar-refractivity contribution in [2.24, 2.45) is 22.7 Å². The molecule has 1 heterocycles. The predicted molar refractivity (Wildman–Crippen MR) is 78.2 cm³/mol. The second-order valence-electron chi connectivity index (χ2n) is 7.70. The van der Waals surface area contributed by atoms with E-state index in [1.54, 1.807) is 0 Å². The van der Waals surface area contributed by atoms with Gasteiger partial charge in [-0.3, -0.25) is 4.79 Å². The van der Waals surface area contributed by atoms with Crippen molar-refractivity contribution in [2.45, 2.75) is 52.9 Å². The molecule has 1 N–H and O–H groups in total. The van der Waals surface area contributed by atoms with Crippen molar-refractivity contribution < 1.29 is 18.3 Å². The van der Waals surface area contributed by atoms with Crippen LogP contribution in [0.2, 0.25) is 0 Å². The minimum Gasteiger partial charge on any atom is -0.481 e. The fourth-order valence-corrected chi connectivity index (χ4v) is 5.94. The Morgan fingerprint density at radius 2 is 1.70 bits per heavy atom. The highest BCUT2D eigenvalue weighted by Gasteiger charge is 2.52. The number of hydrogen-bond acceptors (Lipinski definition) is 3. The number of hydrogen-bond donors (Lipinski definition) is 1. The molecule has 1 aliphatic carbocycles. The minimum absolute atomic E-state index is 0.0689. The van der Waals surface area contributed by atoms with Gasteiger partial charge >= 0.3 is 5.97 Å². The van der Waals surface area contributed by atoms with Crippen LogP contribution in [-0.2, 0) is 14.6 Å². The van der Waals surface area contributed by atoms with Gasteiger partial charge in [0.15, 0.2) is 9.84 Å². The van der Waals surface area contributed by atoms with E-state index >= 15 is 0 Å². The Bertz CT molecular complexity index is 478. The lowest BCUT2D eigenvalue weighted by atomic mass is 9.59. The van der Waals surface area contributed by atoms with E-state index in [9.17, 15) is 18.3 Å². The van der Waals surface area contributed by atoms with E-state index in [-0.39, 0.29) is 22.8 Å². The van der Waals surface area contributed by atoms with Crippen LogP contribution in [0.4, 0.5) is 0 Å². The van der Waals surface area contributed by atoms with Crippen LogP contribution in [0.5, 0.6) is 0 Å². The molecule has 0 aromatic rings. The molecule has 0 amide bonds. The van der Waals surface area contributed by atoms with Crippen LogP contribution < -0.4 is 0 Å². The summed E-state index contributed by atoms with van der Waals surface area (Å²) in [6.45, 7) is 6.60. The summed E-state index contributed by atoms with van der Waals surface area (Å²) in [4.78, 5) is 11.8. The molecule has 1 saturated carbocycles. The third kappa shape index (κ3) is 2.87. The lowest BCUT2D eigenvalue weighted by Crippen LogP contribution is -2.44. The zero-order valence-electron chi connectivity index (χ0n) is 12.7. The van der Waals surface area contributed by atoms with E-state index in [4.69, 9.17) is 0 Å². The summed E-state index contributed by atoms with van der Waals surface area (Å²) in [5.74, 6) is -0.208. The van der Waals surface area contributed by atoms with Gasteiger partial charge in [0.25, 0.3) is 0 Å². The van der Waals surface area contributed by atoms with Gasteiger partial charge in [0.2, 0.25) is 0 Å². The lowest BCUT2D eigenvalue weighted by molar-refractivity contribution is -0.156. The van der Waals surface area contributed by atoms with Gasteiger partial charge in [-0.2, -0.15) is 0 Å². The molecule has 0 spiro atoms. The maximum absolute atomic E-state index is 11.8. The molecule has 0 aromatic carbocycles. The minimum atomic E-state index is -3.02. The van der Waals surface area contributed by atoms with Crippen LogP contribution in [0.25, 0.3) is 0 Å². The SMILES string of the molecule is CC(C)(C)C1CCC(C(=O)O)(C2CCS(=O)(=O)C2)CC1. The molecule has 2 aliphatic rings. The summed E-state index contributed by atoms with van der Waals surface area (Å²) in [5, 5.41) is 9.71. The Labute approximate surface area is 121 Å². The van der Waals surface area contributed by atoms with Gasteiger partial charge in [-0.1, -0.05) is 20.8 Å².